The molecule has 1 aromatic carbocycles. The second-order valence-electron chi connectivity index (χ2n) is 5.97. The van der Waals surface area contributed by atoms with Crippen molar-refractivity contribution in [2.75, 3.05) is 17.6 Å². The van der Waals surface area contributed by atoms with Crippen LogP contribution >= 0.6 is 0 Å². The number of anilines is 2. The van der Waals surface area contributed by atoms with E-state index in [2.05, 4.69) is 20.6 Å². The minimum Gasteiger partial charge on any atom is -0.399 e. The van der Waals surface area contributed by atoms with Crippen molar-refractivity contribution in [2.24, 2.45) is 0 Å². The molecule has 0 aliphatic carbocycles. The van der Waals surface area contributed by atoms with Crippen molar-refractivity contribution < 1.29 is 4.79 Å². The Bertz CT molecular complexity index is 648. The summed E-state index contributed by atoms with van der Waals surface area (Å²) in [4.78, 5) is 20.2. The quantitative estimate of drug-likeness (QED) is 0.747. The fraction of sp³-hybridized carbons (Fsp3) is 0.400. The Hall–Kier alpha value is -2.37. The highest BCUT2D eigenvalue weighted by Crippen LogP contribution is 2.21. The number of carbonyl (C=O) groups excluding carboxylic acids is 1. The second-order valence-corrected chi connectivity index (χ2v) is 5.97. The third kappa shape index (κ3) is 4.30. The molecule has 6 nitrogen and oxygen atoms in total. The van der Waals surface area contributed by atoms with Crippen LogP contribution in [0.15, 0.2) is 24.5 Å². The van der Waals surface area contributed by atoms with Crippen molar-refractivity contribution in [3.8, 4) is 0 Å². The van der Waals surface area contributed by atoms with Gasteiger partial charge in [-0.2, -0.15) is 0 Å². The van der Waals surface area contributed by atoms with Gasteiger partial charge in [-0.05, 0) is 39.0 Å². The molecule has 0 aliphatic heterocycles. The molecule has 112 valence electrons. The maximum Gasteiger partial charge on any atom is 0.222 e. The summed E-state index contributed by atoms with van der Waals surface area (Å²) in [5.74, 6) is 0.723. The highest BCUT2D eigenvalue weighted by molar-refractivity contribution is 5.90. The first kappa shape index (κ1) is 15.0. The van der Waals surface area contributed by atoms with Gasteiger partial charge >= 0.3 is 0 Å². The van der Waals surface area contributed by atoms with Gasteiger partial charge in [0, 0.05) is 29.6 Å². The summed E-state index contributed by atoms with van der Waals surface area (Å²) >= 11 is 0. The lowest BCUT2D eigenvalue weighted by molar-refractivity contribution is -0.122. The highest BCUT2D eigenvalue weighted by atomic mass is 16.1. The molecule has 2 rings (SSSR count). The average Bonchev–Trinajstić information content (AvgIpc) is 2.36. The molecule has 6 heteroatoms. The summed E-state index contributed by atoms with van der Waals surface area (Å²) in [5.41, 5.74) is 6.97. The normalized spacial score (nSPS) is 11.4. The number of hydrogen-bond acceptors (Lipinski definition) is 5. The number of rotatable bonds is 4. The summed E-state index contributed by atoms with van der Waals surface area (Å²) in [6.07, 6.45) is 1.87. The molecule has 0 fully saturated rings. The fourth-order valence-electron chi connectivity index (χ4n) is 1.99. The largest absolute Gasteiger partial charge is 0.399 e. The Kier molecular flexibility index (Phi) is 4.26. The zero-order chi connectivity index (χ0) is 15.5. The van der Waals surface area contributed by atoms with Crippen molar-refractivity contribution in [3.05, 3.63) is 24.5 Å². The molecular weight excluding hydrogens is 266 g/mol. The molecule has 0 radical (unpaired) electrons. The Morgan fingerprint density at radius 2 is 2.05 bits per heavy atom. The van der Waals surface area contributed by atoms with Gasteiger partial charge in [0.2, 0.25) is 5.91 Å². The van der Waals surface area contributed by atoms with Gasteiger partial charge < -0.3 is 16.4 Å². The van der Waals surface area contributed by atoms with Crippen LogP contribution in [-0.4, -0.2) is 28.0 Å². The fourth-order valence-corrected chi connectivity index (χ4v) is 1.99. The van der Waals surface area contributed by atoms with Gasteiger partial charge in [0.25, 0.3) is 0 Å². The van der Waals surface area contributed by atoms with E-state index < -0.39 is 0 Å². The molecule has 1 amide bonds. The molecule has 0 saturated heterocycles. The molecule has 0 atom stereocenters. The first-order valence-corrected chi connectivity index (χ1v) is 6.90. The number of nitrogens with zero attached hydrogens (tertiary/aromatic N) is 2. The predicted molar refractivity (Wildman–Crippen MR) is 85.0 cm³/mol. The number of benzene rings is 1. The van der Waals surface area contributed by atoms with Gasteiger partial charge in [0.05, 0.1) is 5.52 Å². The highest BCUT2D eigenvalue weighted by Gasteiger charge is 2.13. The van der Waals surface area contributed by atoms with E-state index in [9.17, 15) is 4.79 Å². The molecule has 1 heterocycles. The number of fused-ring (bicyclic) bond motifs is 1. The van der Waals surface area contributed by atoms with Crippen LogP contribution < -0.4 is 16.4 Å². The Balaban J connectivity index is 1.99. The van der Waals surface area contributed by atoms with Crippen LogP contribution in [0.25, 0.3) is 10.9 Å². The van der Waals surface area contributed by atoms with Gasteiger partial charge in [0.1, 0.15) is 12.1 Å². The SMILES string of the molecule is CC(C)(C)NC(=O)CCNc1ncnc2cc(N)ccc12. The molecule has 0 spiro atoms. The van der Waals surface area contributed by atoms with Crippen LogP contribution in [0.1, 0.15) is 27.2 Å². The van der Waals surface area contributed by atoms with Crippen molar-refractivity contribution >= 4 is 28.3 Å². The summed E-state index contributed by atoms with van der Waals surface area (Å²) in [5, 5.41) is 6.98. The molecule has 1 aromatic heterocycles. The Morgan fingerprint density at radius 3 is 2.76 bits per heavy atom. The van der Waals surface area contributed by atoms with E-state index in [0.717, 1.165) is 10.9 Å². The first-order valence-electron chi connectivity index (χ1n) is 6.90. The van der Waals surface area contributed by atoms with Crippen molar-refractivity contribution in [1.82, 2.24) is 15.3 Å². The summed E-state index contributed by atoms with van der Waals surface area (Å²) in [7, 11) is 0. The minimum absolute atomic E-state index is 0.0117. The van der Waals surface area contributed by atoms with Crippen molar-refractivity contribution in [1.29, 1.82) is 0 Å². The van der Waals surface area contributed by atoms with Crippen LogP contribution in [0.4, 0.5) is 11.5 Å². The monoisotopic (exact) mass is 287 g/mol. The number of aromatic nitrogens is 2. The average molecular weight is 287 g/mol. The maximum atomic E-state index is 11.8. The van der Waals surface area contributed by atoms with E-state index >= 15 is 0 Å². The number of amides is 1. The predicted octanol–water partition coefficient (Wildman–Crippen LogP) is 1.93. The third-order valence-corrected chi connectivity index (χ3v) is 2.82. The number of hydrogen-bond donors (Lipinski definition) is 3. The number of nitrogens with two attached hydrogens (primary N) is 1. The summed E-state index contributed by atoms with van der Waals surface area (Å²) < 4.78 is 0. The summed E-state index contributed by atoms with van der Waals surface area (Å²) in [6, 6.07) is 5.49. The molecule has 0 unspecified atom stereocenters. The summed E-state index contributed by atoms with van der Waals surface area (Å²) in [6.45, 7) is 6.39. The smallest absolute Gasteiger partial charge is 0.222 e. The third-order valence-electron chi connectivity index (χ3n) is 2.82. The van der Waals surface area contributed by atoms with Crippen molar-refractivity contribution in [2.45, 2.75) is 32.7 Å². The zero-order valence-corrected chi connectivity index (χ0v) is 12.6. The first-order chi connectivity index (χ1) is 9.85. The minimum atomic E-state index is -0.212. The van der Waals surface area contributed by atoms with Gasteiger partial charge in [0.15, 0.2) is 0 Å². The van der Waals surface area contributed by atoms with E-state index in [4.69, 9.17) is 5.73 Å². The molecule has 0 bridgehead atoms. The zero-order valence-electron chi connectivity index (χ0n) is 12.6. The van der Waals surface area contributed by atoms with E-state index in [1.807, 2.05) is 32.9 Å². The van der Waals surface area contributed by atoms with Crippen LogP contribution in [0.3, 0.4) is 0 Å². The van der Waals surface area contributed by atoms with E-state index in [-0.39, 0.29) is 11.4 Å². The number of nitrogens with one attached hydrogen (secondary N) is 2. The van der Waals surface area contributed by atoms with Gasteiger partial charge in [-0.25, -0.2) is 9.97 Å². The Labute approximate surface area is 124 Å². The van der Waals surface area contributed by atoms with E-state index in [1.54, 1.807) is 6.07 Å². The van der Waals surface area contributed by atoms with Crippen molar-refractivity contribution in [3.63, 3.8) is 0 Å². The molecule has 21 heavy (non-hydrogen) atoms. The van der Waals surface area contributed by atoms with Crippen LogP contribution in [0.5, 0.6) is 0 Å². The number of carbonyl (C=O) groups is 1. The van der Waals surface area contributed by atoms with Gasteiger partial charge in [-0.1, -0.05) is 0 Å². The van der Waals surface area contributed by atoms with E-state index in [1.165, 1.54) is 6.33 Å². The maximum absolute atomic E-state index is 11.8. The molecule has 2 aromatic rings. The lowest BCUT2D eigenvalue weighted by Crippen LogP contribution is -2.41. The second kappa shape index (κ2) is 5.95. The van der Waals surface area contributed by atoms with Gasteiger partial charge in [-0.15, -0.1) is 0 Å². The molecule has 0 aliphatic rings. The van der Waals surface area contributed by atoms with Crippen LogP contribution in [0.2, 0.25) is 0 Å². The lowest BCUT2D eigenvalue weighted by Gasteiger charge is -2.20. The van der Waals surface area contributed by atoms with Crippen LogP contribution in [0, 0.1) is 0 Å². The Morgan fingerprint density at radius 1 is 1.29 bits per heavy atom. The molecular formula is C15H21N5O. The molecule has 0 saturated carbocycles. The molecule has 4 N–H and O–H groups in total. The van der Waals surface area contributed by atoms with Crippen LogP contribution in [-0.2, 0) is 4.79 Å². The number of nitrogen functional groups attached to an aromatic ring is 1. The van der Waals surface area contributed by atoms with E-state index in [0.29, 0.717) is 24.5 Å². The topological polar surface area (TPSA) is 92.9 Å². The van der Waals surface area contributed by atoms with Gasteiger partial charge in [-0.3, -0.25) is 4.79 Å². The lowest BCUT2D eigenvalue weighted by atomic mass is 10.1. The standard InChI is InChI=1S/C15H21N5O/c1-15(2,3)20-13(21)6-7-17-14-11-5-4-10(16)8-12(11)18-9-19-14/h4-5,8-9H,6-7,16H2,1-3H3,(H,20,21)(H,17,18,19).